The second-order valence-electron chi connectivity index (χ2n) is 5.37. The Labute approximate surface area is 113 Å². The van der Waals surface area contributed by atoms with Gasteiger partial charge in [0.15, 0.2) is 0 Å². The molecule has 0 aromatic heterocycles. The van der Waals surface area contributed by atoms with Gasteiger partial charge in [0, 0.05) is 18.3 Å². The number of ether oxygens (including phenoxy) is 1. The third kappa shape index (κ3) is 3.47. The van der Waals surface area contributed by atoms with Crippen LogP contribution < -0.4 is 5.32 Å². The predicted octanol–water partition coefficient (Wildman–Crippen LogP) is 3.14. The molecule has 0 aliphatic carbocycles. The van der Waals surface area contributed by atoms with Crippen LogP contribution >= 0.6 is 0 Å². The minimum Gasteiger partial charge on any atom is -0.478 e. The third-order valence-corrected chi connectivity index (χ3v) is 3.82. The molecule has 1 aliphatic rings. The average molecular weight is 263 g/mol. The maximum atomic E-state index is 10.9. The highest BCUT2D eigenvalue weighted by atomic mass is 16.5. The van der Waals surface area contributed by atoms with Gasteiger partial charge in [-0.25, -0.2) is 4.79 Å². The van der Waals surface area contributed by atoms with Crippen molar-refractivity contribution in [3.8, 4) is 0 Å². The highest BCUT2D eigenvalue weighted by Crippen LogP contribution is 2.29. The van der Waals surface area contributed by atoms with E-state index in [1.165, 1.54) is 0 Å². The summed E-state index contributed by atoms with van der Waals surface area (Å²) in [7, 11) is 0. The maximum Gasteiger partial charge on any atom is 0.335 e. The first-order chi connectivity index (χ1) is 9.02. The fourth-order valence-corrected chi connectivity index (χ4v) is 2.48. The van der Waals surface area contributed by atoms with Crippen LogP contribution in [0.15, 0.2) is 24.3 Å². The van der Waals surface area contributed by atoms with Crippen LogP contribution in [0.1, 0.15) is 43.5 Å². The Hall–Kier alpha value is -1.55. The normalized spacial score (nSPS) is 26.9. The van der Waals surface area contributed by atoms with Crippen LogP contribution in [0.2, 0.25) is 0 Å². The number of aromatic carboxylic acids is 1. The van der Waals surface area contributed by atoms with E-state index in [9.17, 15) is 4.79 Å². The first-order valence-corrected chi connectivity index (χ1v) is 6.76. The molecule has 19 heavy (non-hydrogen) atoms. The van der Waals surface area contributed by atoms with Crippen molar-refractivity contribution >= 4 is 11.7 Å². The minimum absolute atomic E-state index is 0.0691. The summed E-state index contributed by atoms with van der Waals surface area (Å²) in [4.78, 5) is 10.9. The molecule has 2 N–H and O–H groups in total. The SMILES string of the molecule is CCC1(C)CC(Nc2cccc(C(=O)O)c2)CCO1. The van der Waals surface area contributed by atoms with Crippen molar-refractivity contribution in [2.45, 2.75) is 44.8 Å². The highest BCUT2D eigenvalue weighted by Gasteiger charge is 2.31. The average Bonchev–Trinajstić information content (AvgIpc) is 2.39. The zero-order valence-electron chi connectivity index (χ0n) is 11.5. The molecule has 0 bridgehead atoms. The number of hydrogen-bond donors (Lipinski definition) is 2. The molecule has 1 heterocycles. The first-order valence-electron chi connectivity index (χ1n) is 6.76. The second kappa shape index (κ2) is 5.61. The zero-order chi connectivity index (χ0) is 13.9. The van der Waals surface area contributed by atoms with E-state index in [-0.39, 0.29) is 5.60 Å². The van der Waals surface area contributed by atoms with Crippen molar-refractivity contribution < 1.29 is 14.6 Å². The Morgan fingerprint density at radius 3 is 3.05 bits per heavy atom. The smallest absolute Gasteiger partial charge is 0.335 e. The Balaban J connectivity index is 2.04. The number of benzene rings is 1. The van der Waals surface area contributed by atoms with Gasteiger partial charge in [0.1, 0.15) is 0 Å². The Bertz CT molecular complexity index is 460. The van der Waals surface area contributed by atoms with Crippen molar-refractivity contribution in [3.63, 3.8) is 0 Å². The van der Waals surface area contributed by atoms with Crippen LogP contribution in [-0.2, 0) is 4.74 Å². The predicted molar refractivity (Wildman–Crippen MR) is 74.7 cm³/mol. The lowest BCUT2D eigenvalue weighted by molar-refractivity contribution is -0.0708. The Morgan fingerprint density at radius 1 is 1.58 bits per heavy atom. The van der Waals surface area contributed by atoms with Gasteiger partial charge in [-0.05, 0) is 44.4 Å². The highest BCUT2D eigenvalue weighted by molar-refractivity contribution is 5.88. The monoisotopic (exact) mass is 263 g/mol. The van der Waals surface area contributed by atoms with Gasteiger partial charge in [0.2, 0.25) is 0 Å². The summed E-state index contributed by atoms with van der Waals surface area (Å²) in [5.41, 5.74) is 1.11. The van der Waals surface area contributed by atoms with Crippen LogP contribution in [0.5, 0.6) is 0 Å². The number of carbonyl (C=O) groups is 1. The number of hydrogen-bond acceptors (Lipinski definition) is 3. The zero-order valence-corrected chi connectivity index (χ0v) is 11.5. The van der Waals surface area contributed by atoms with Gasteiger partial charge in [-0.3, -0.25) is 0 Å². The van der Waals surface area contributed by atoms with E-state index < -0.39 is 5.97 Å². The molecule has 2 atom stereocenters. The van der Waals surface area contributed by atoms with Crippen molar-refractivity contribution in [2.24, 2.45) is 0 Å². The summed E-state index contributed by atoms with van der Waals surface area (Å²) >= 11 is 0. The fraction of sp³-hybridized carbons (Fsp3) is 0.533. The molecule has 1 aliphatic heterocycles. The third-order valence-electron chi connectivity index (χ3n) is 3.82. The molecule has 4 nitrogen and oxygen atoms in total. The largest absolute Gasteiger partial charge is 0.478 e. The van der Waals surface area contributed by atoms with Crippen LogP contribution in [0.3, 0.4) is 0 Å². The Morgan fingerprint density at radius 2 is 2.37 bits per heavy atom. The fourth-order valence-electron chi connectivity index (χ4n) is 2.48. The standard InChI is InChI=1S/C15H21NO3/c1-3-15(2)10-13(7-8-19-15)16-12-6-4-5-11(9-12)14(17)18/h4-6,9,13,16H,3,7-8,10H2,1-2H3,(H,17,18). The van der Waals surface area contributed by atoms with Crippen molar-refractivity contribution in [2.75, 3.05) is 11.9 Å². The lowest BCUT2D eigenvalue weighted by atomic mass is 9.90. The van der Waals surface area contributed by atoms with E-state index in [0.717, 1.165) is 31.6 Å². The molecule has 1 fully saturated rings. The van der Waals surface area contributed by atoms with Crippen LogP contribution in [-0.4, -0.2) is 29.3 Å². The van der Waals surface area contributed by atoms with Gasteiger partial charge >= 0.3 is 5.97 Å². The van der Waals surface area contributed by atoms with Crippen LogP contribution in [0.4, 0.5) is 5.69 Å². The molecule has 4 heteroatoms. The lowest BCUT2D eigenvalue weighted by Gasteiger charge is -2.38. The van der Waals surface area contributed by atoms with Crippen molar-refractivity contribution in [1.82, 2.24) is 0 Å². The molecule has 2 unspecified atom stereocenters. The molecule has 0 saturated carbocycles. The van der Waals surface area contributed by atoms with Gasteiger partial charge in [0.25, 0.3) is 0 Å². The first kappa shape index (κ1) is 13.9. The number of rotatable bonds is 4. The summed E-state index contributed by atoms with van der Waals surface area (Å²) < 4.78 is 5.81. The number of anilines is 1. The van der Waals surface area contributed by atoms with Gasteiger partial charge in [-0.1, -0.05) is 13.0 Å². The van der Waals surface area contributed by atoms with E-state index in [1.54, 1.807) is 18.2 Å². The minimum atomic E-state index is -0.894. The van der Waals surface area contributed by atoms with Crippen molar-refractivity contribution in [3.05, 3.63) is 29.8 Å². The Kier molecular flexibility index (Phi) is 4.10. The molecule has 104 valence electrons. The van der Waals surface area contributed by atoms with E-state index in [1.807, 2.05) is 6.07 Å². The van der Waals surface area contributed by atoms with Crippen LogP contribution in [0.25, 0.3) is 0 Å². The second-order valence-corrected chi connectivity index (χ2v) is 5.37. The molecule has 0 amide bonds. The molecule has 0 spiro atoms. The summed E-state index contributed by atoms with van der Waals surface area (Å²) in [6.45, 7) is 5.02. The van der Waals surface area contributed by atoms with E-state index >= 15 is 0 Å². The summed E-state index contributed by atoms with van der Waals surface area (Å²) in [6, 6.07) is 7.30. The van der Waals surface area contributed by atoms with E-state index in [2.05, 4.69) is 19.2 Å². The number of carboxylic acid groups (broad SMARTS) is 1. The molecule has 1 aromatic rings. The van der Waals surface area contributed by atoms with E-state index in [0.29, 0.717) is 11.6 Å². The van der Waals surface area contributed by atoms with Gasteiger partial charge in [-0.2, -0.15) is 0 Å². The van der Waals surface area contributed by atoms with Crippen molar-refractivity contribution in [1.29, 1.82) is 0 Å². The maximum absolute atomic E-state index is 10.9. The topological polar surface area (TPSA) is 58.6 Å². The van der Waals surface area contributed by atoms with Crippen LogP contribution in [0, 0.1) is 0 Å². The summed E-state index contributed by atoms with van der Waals surface area (Å²) in [5, 5.41) is 12.4. The number of carboxylic acids is 1. The van der Waals surface area contributed by atoms with E-state index in [4.69, 9.17) is 9.84 Å². The number of nitrogens with one attached hydrogen (secondary N) is 1. The van der Waals surface area contributed by atoms with Gasteiger partial charge in [-0.15, -0.1) is 0 Å². The quantitative estimate of drug-likeness (QED) is 0.876. The molecular weight excluding hydrogens is 242 g/mol. The summed E-state index contributed by atoms with van der Waals surface area (Å²) in [6.07, 6.45) is 2.88. The van der Waals surface area contributed by atoms with Gasteiger partial charge in [0.05, 0.1) is 11.2 Å². The molecule has 2 rings (SSSR count). The lowest BCUT2D eigenvalue weighted by Crippen LogP contribution is -2.41. The molecular formula is C15H21NO3. The molecule has 1 aromatic carbocycles. The molecule has 0 radical (unpaired) electrons. The summed E-state index contributed by atoms with van der Waals surface area (Å²) in [5.74, 6) is -0.894. The molecule has 1 saturated heterocycles. The van der Waals surface area contributed by atoms with Gasteiger partial charge < -0.3 is 15.2 Å².